The molecule has 0 saturated carbocycles. The molecule has 0 atom stereocenters. The van der Waals surface area contributed by atoms with Gasteiger partial charge >= 0.3 is 0 Å². The topological polar surface area (TPSA) is 12.5 Å². The molecule has 0 spiro atoms. The summed E-state index contributed by atoms with van der Waals surface area (Å²) in [5.41, 5.74) is 5.63. The van der Waals surface area contributed by atoms with E-state index in [2.05, 4.69) is 89.8 Å². The number of rotatable bonds is 6. The lowest BCUT2D eigenvalue weighted by Crippen LogP contribution is -2.09. The predicted octanol–water partition coefficient (Wildman–Crippen LogP) is 8.62. The van der Waals surface area contributed by atoms with E-state index in [4.69, 9.17) is 4.74 Å². The van der Waals surface area contributed by atoms with E-state index in [1.807, 2.05) is 54.6 Å². The molecule has 0 amide bonds. The van der Waals surface area contributed by atoms with Gasteiger partial charge in [0.15, 0.2) is 0 Å². The number of ether oxygens (including phenoxy) is 1. The van der Waals surface area contributed by atoms with Gasteiger partial charge in [-0.05, 0) is 59.7 Å². The Balaban J connectivity index is 1.52. The number of hydrogen-bond acceptors (Lipinski definition) is 2. The van der Waals surface area contributed by atoms with E-state index in [1.54, 1.807) is 0 Å². The molecular weight excluding hydrogens is 390 g/mol. The minimum absolute atomic E-state index is 0.801. The SMILES string of the molecule is c1ccc(Oc2cccc(N(c3ccccc3)c3ccc(-c4ccccc4)cc3)c2)cc1. The number of nitrogens with zero attached hydrogens (tertiary/aromatic N) is 1. The molecule has 0 unspecified atom stereocenters. The van der Waals surface area contributed by atoms with Crippen LogP contribution in [0.3, 0.4) is 0 Å². The smallest absolute Gasteiger partial charge is 0.129 e. The lowest BCUT2D eigenvalue weighted by atomic mass is 10.0. The second-order valence-electron chi connectivity index (χ2n) is 7.50. The average Bonchev–Trinajstić information content (AvgIpc) is 2.87. The van der Waals surface area contributed by atoms with E-state index in [0.717, 1.165) is 28.6 Å². The van der Waals surface area contributed by atoms with Crippen molar-refractivity contribution in [3.05, 3.63) is 140 Å². The molecule has 0 bridgehead atoms. The van der Waals surface area contributed by atoms with E-state index in [0.29, 0.717) is 0 Å². The molecule has 32 heavy (non-hydrogen) atoms. The molecule has 154 valence electrons. The fraction of sp³-hybridized carbons (Fsp3) is 0. The van der Waals surface area contributed by atoms with Gasteiger partial charge < -0.3 is 9.64 Å². The minimum Gasteiger partial charge on any atom is -0.457 e. The van der Waals surface area contributed by atoms with Crippen LogP contribution in [-0.2, 0) is 0 Å². The maximum atomic E-state index is 6.09. The van der Waals surface area contributed by atoms with Crippen LogP contribution in [0.1, 0.15) is 0 Å². The Morgan fingerprint density at radius 3 is 1.56 bits per heavy atom. The third kappa shape index (κ3) is 4.40. The second kappa shape index (κ2) is 9.23. The van der Waals surface area contributed by atoms with Gasteiger partial charge in [0, 0.05) is 23.1 Å². The van der Waals surface area contributed by atoms with Crippen LogP contribution >= 0.6 is 0 Å². The van der Waals surface area contributed by atoms with Gasteiger partial charge in [0.2, 0.25) is 0 Å². The van der Waals surface area contributed by atoms with Crippen molar-refractivity contribution in [1.82, 2.24) is 0 Å². The molecule has 0 aliphatic rings. The molecule has 0 aliphatic carbocycles. The molecule has 0 heterocycles. The fourth-order valence-electron chi connectivity index (χ4n) is 3.77. The van der Waals surface area contributed by atoms with Gasteiger partial charge in [-0.1, -0.05) is 84.9 Å². The summed E-state index contributed by atoms with van der Waals surface area (Å²) in [7, 11) is 0. The highest BCUT2D eigenvalue weighted by Gasteiger charge is 2.13. The highest BCUT2D eigenvalue weighted by Crippen LogP contribution is 2.37. The van der Waals surface area contributed by atoms with Gasteiger partial charge in [-0.3, -0.25) is 0 Å². The van der Waals surface area contributed by atoms with Crippen molar-refractivity contribution in [3.63, 3.8) is 0 Å². The Morgan fingerprint density at radius 2 is 0.875 bits per heavy atom. The van der Waals surface area contributed by atoms with Crippen molar-refractivity contribution in [1.29, 1.82) is 0 Å². The van der Waals surface area contributed by atoms with E-state index >= 15 is 0 Å². The van der Waals surface area contributed by atoms with Crippen LogP contribution < -0.4 is 9.64 Å². The number of hydrogen-bond donors (Lipinski definition) is 0. The van der Waals surface area contributed by atoms with Crippen molar-refractivity contribution in [2.75, 3.05) is 4.90 Å². The Kier molecular flexibility index (Phi) is 5.67. The number of para-hydroxylation sites is 2. The van der Waals surface area contributed by atoms with Crippen molar-refractivity contribution >= 4 is 17.1 Å². The largest absolute Gasteiger partial charge is 0.457 e. The first-order chi connectivity index (χ1) is 15.9. The summed E-state index contributed by atoms with van der Waals surface area (Å²) in [6.45, 7) is 0. The van der Waals surface area contributed by atoms with Crippen LogP contribution in [0.15, 0.2) is 140 Å². The van der Waals surface area contributed by atoms with Crippen LogP contribution in [0.2, 0.25) is 0 Å². The summed E-state index contributed by atoms with van der Waals surface area (Å²) in [5, 5.41) is 0. The first-order valence-electron chi connectivity index (χ1n) is 10.7. The zero-order chi connectivity index (χ0) is 21.6. The molecule has 0 aliphatic heterocycles. The standard InChI is InChI=1S/C30H23NO/c1-4-11-24(12-5-1)25-19-21-27(22-20-25)31(26-13-6-2-7-14-26)28-15-10-18-30(23-28)32-29-16-8-3-9-17-29/h1-23H. The normalized spacial score (nSPS) is 10.5. The molecule has 2 nitrogen and oxygen atoms in total. The Hall–Kier alpha value is -4.30. The van der Waals surface area contributed by atoms with Crippen molar-refractivity contribution in [3.8, 4) is 22.6 Å². The summed E-state index contributed by atoms with van der Waals surface area (Å²) in [5.74, 6) is 1.62. The fourth-order valence-corrected chi connectivity index (χ4v) is 3.77. The molecule has 2 heteroatoms. The Morgan fingerprint density at radius 1 is 0.375 bits per heavy atom. The van der Waals surface area contributed by atoms with Crippen LogP contribution in [0.25, 0.3) is 11.1 Å². The molecule has 5 rings (SSSR count). The molecule has 0 N–H and O–H groups in total. The third-order valence-electron chi connectivity index (χ3n) is 5.30. The first kappa shape index (κ1) is 19.7. The zero-order valence-electron chi connectivity index (χ0n) is 17.6. The maximum absolute atomic E-state index is 6.09. The molecule has 0 fully saturated rings. The highest BCUT2D eigenvalue weighted by molar-refractivity contribution is 5.78. The minimum atomic E-state index is 0.801. The molecule has 0 radical (unpaired) electrons. The van der Waals surface area contributed by atoms with Gasteiger partial charge in [-0.2, -0.15) is 0 Å². The van der Waals surface area contributed by atoms with Gasteiger partial charge in [-0.15, -0.1) is 0 Å². The second-order valence-corrected chi connectivity index (χ2v) is 7.50. The lowest BCUT2D eigenvalue weighted by Gasteiger charge is -2.26. The zero-order valence-corrected chi connectivity index (χ0v) is 17.6. The summed E-state index contributed by atoms with van der Waals surface area (Å²) in [6, 6.07) is 47.6. The van der Waals surface area contributed by atoms with Gasteiger partial charge in [0.1, 0.15) is 11.5 Å². The number of benzene rings is 5. The first-order valence-corrected chi connectivity index (χ1v) is 10.7. The van der Waals surface area contributed by atoms with Gasteiger partial charge in [0.25, 0.3) is 0 Å². The number of anilines is 3. The third-order valence-corrected chi connectivity index (χ3v) is 5.30. The summed E-state index contributed by atoms with van der Waals surface area (Å²) < 4.78 is 6.09. The van der Waals surface area contributed by atoms with Crippen molar-refractivity contribution in [2.24, 2.45) is 0 Å². The van der Waals surface area contributed by atoms with Crippen molar-refractivity contribution in [2.45, 2.75) is 0 Å². The Bertz CT molecular complexity index is 1270. The summed E-state index contributed by atoms with van der Waals surface area (Å²) >= 11 is 0. The average molecular weight is 414 g/mol. The summed E-state index contributed by atoms with van der Waals surface area (Å²) in [4.78, 5) is 2.24. The quantitative estimate of drug-likeness (QED) is 0.276. The van der Waals surface area contributed by atoms with Gasteiger partial charge in [0.05, 0.1) is 0 Å². The molecule has 0 aromatic heterocycles. The highest BCUT2D eigenvalue weighted by atomic mass is 16.5. The van der Waals surface area contributed by atoms with Crippen LogP contribution in [-0.4, -0.2) is 0 Å². The molecule has 5 aromatic carbocycles. The van der Waals surface area contributed by atoms with Crippen LogP contribution in [0, 0.1) is 0 Å². The van der Waals surface area contributed by atoms with Crippen LogP contribution in [0.4, 0.5) is 17.1 Å². The predicted molar refractivity (Wildman–Crippen MR) is 133 cm³/mol. The van der Waals surface area contributed by atoms with Crippen LogP contribution in [0.5, 0.6) is 11.5 Å². The maximum Gasteiger partial charge on any atom is 0.129 e. The lowest BCUT2D eigenvalue weighted by molar-refractivity contribution is 0.483. The summed E-state index contributed by atoms with van der Waals surface area (Å²) in [6.07, 6.45) is 0. The van der Waals surface area contributed by atoms with E-state index in [-0.39, 0.29) is 0 Å². The van der Waals surface area contributed by atoms with Crippen molar-refractivity contribution < 1.29 is 4.74 Å². The monoisotopic (exact) mass is 413 g/mol. The molecule has 5 aromatic rings. The van der Waals surface area contributed by atoms with E-state index < -0.39 is 0 Å². The van der Waals surface area contributed by atoms with E-state index in [1.165, 1.54) is 11.1 Å². The molecule has 0 saturated heterocycles. The van der Waals surface area contributed by atoms with Gasteiger partial charge in [-0.25, -0.2) is 0 Å². The molecular formula is C30H23NO. The van der Waals surface area contributed by atoms with E-state index in [9.17, 15) is 0 Å². The Labute approximate surface area is 189 Å².